The third-order valence-electron chi connectivity index (χ3n) is 2.74. The molecule has 2 rings (SSSR count). The van der Waals surface area contributed by atoms with E-state index in [4.69, 9.17) is 10.5 Å². The van der Waals surface area contributed by atoms with E-state index in [2.05, 4.69) is 0 Å². The summed E-state index contributed by atoms with van der Waals surface area (Å²) in [6, 6.07) is 4.81. The predicted octanol–water partition coefficient (Wildman–Crippen LogP) is 1.55. The SMILES string of the molecule is COc1cc(C2(N)CC2)ccc1[N+](=O)[O-]. The molecule has 1 aliphatic rings. The van der Waals surface area contributed by atoms with Crippen LogP contribution in [0.4, 0.5) is 5.69 Å². The van der Waals surface area contributed by atoms with E-state index in [1.165, 1.54) is 13.2 Å². The van der Waals surface area contributed by atoms with E-state index in [0.717, 1.165) is 18.4 Å². The molecular weight excluding hydrogens is 196 g/mol. The molecule has 2 N–H and O–H groups in total. The van der Waals surface area contributed by atoms with Gasteiger partial charge in [0.2, 0.25) is 0 Å². The molecule has 15 heavy (non-hydrogen) atoms. The first kappa shape index (κ1) is 9.92. The Balaban J connectivity index is 2.43. The van der Waals surface area contributed by atoms with Crippen LogP contribution in [-0.4, -0.2) is 12.0 Å². The molecule has 5 nitrogen and oxygen atoms in total. The van der Waals surface area contributed by atoms with E-state index in [9.17, 15) is 10.1 Å². The summed E-state index contributed by atoms with van der Waals surface area (Å²) in [5.41, 5.74) is 6.59. The molecule has 0 atom stereocenters. The number of hydrogen-bond acceptors (Lipinski definition) is 4. The van der Waals surface area contributed by atoms with Crippen molar-refractivity contribution in [3.63, 3.8) is 0 Å². The summed E-state index contributed by atoms with van der Waals surface area (Å²) >= 11 is 0. The maximum atomic E-state index is 10.7. The first-order valence-electron chi connectivity index (χ1n) is 4.68. The second-order valence-corrected chi connectivity index (χ2v) is 3.80. The minimum atomic E-state index is -0.460. The van der Waals surface area contributed by atoms with Crippen LogP contribution in [0.25, 0.3) is 0 Å². The first-order valence-corrected chi connectivity index (χ1v) is 4.68. The molecule has 0 amide bonds. The Labute approximate surface area is 87.0 Å². The minimum absolute atomic E-state index is 0.0227. The van der Waals surface area contributed by atoms with Crippen LogP contribution in [0.1, 0.15) is 18.4 Å². The number of nitrogens with two attached hydrogens (primary N) is 1. The van der Waals surface area contributed by atoms with Crippen molar-refractivity contribution in [1.82, 2.24) is 0 Å². The standard InChI is InChI=1S/C10H12N2O3/c1-15-9-6-7(10(11)4-5-10)2-3-8(9)12(13)14/h2-3,6H,4-5,11H2,1H3. The van der Waals surface area contributed by atoms with E-state index < -0.39 is 4.92 Å². The van der Waals surface area contributed by atoms with Gasteiger partial charge in [0.05, 0.1) is 12.0 Å². The van der Waals surface area contributed by atoms with Crippen molar-refractivity contribution in [2.75, 3.05) is 7.11 Å². The largest absolute Gasteiger partial charge is 0.490 e. The Kier molecular flexibility index (Phi) is 2.12. The maximum Gasteiger partial charge on any atom is 0.310 e. The van der Waals surface area contributed by atoms with Crippen molar-refractivity contribution >= 4 is 5.69 Å². The van der Waals surface area contributed by atoms with Gasteiger partial charge in [-0.15, -0.1) is 0 Å². The van der Waals surface area contributed by atoms with E-state index in [1.807, 2.05) is 0 Å². The third kappa shape index (κ3) is 1.66. The van der Waals surface area contributed by atoms with Crippen molar-refractivity contribution in [2.24, 2.45) is 5.73 Å². The molecule has 1 aliphatic carbocycles. The van der Waals surface area contributed by atoms with Gasteiger partial charge in [0.15, 0.2) is 5.75 Å². The van der Waals surface area contributed by atoms with Crippen molar-refractivity contribution in [1.29, 1.82) is 0 Å². The molecule has 0 spiro atoms. The number of rotatable bonds is 3. The van der Waals surface area contributed by atoms with E-state index in [1.54, 1.807) is 12.1 Å². The highest BCUT2D eigenvalue weighted by molar-refractivity contribution is 5.50. The van der Waals surface area contributed by atoms with E-state index >= 15 is 0 Å². The summed E-state index contributed by atoms with van der Waals surface area (Å²) in [6.45, 7) is 0. The molecule has 1 fully saturated rings. The Morgan fingerprint density at radius 2 is 2.20 bits per heavy atom. The fraction of sp³-hybridized carbons (Fsp3) is 0.400. The van der Waals surface area contributed by atoms with E-state index in [0.29, 0.717) is 0 Å². The Morgan fingerprint density at radius 1 is 1.53 bits per heavy atom. The van der Waals surface area contributed by atoms with Crippen LogP contribution in [0.5, 0.6) is 5.75 Å². The smallest absolute Gasteiger partial charge is 0.310 e. The topological polar surface area (TPSA) is 78.4 Å². The first-order chi connectivity index (χ1) is 7.07. The van der Waals surface area contributed by atoms with Crippen LogP contribution >= 0.6 is 0 Å². The van der Waals surface area contributed by atoms with Crippen LogP contribution in [0.2, 0.25) is 0 Å². The molecule has 0 unspecified atom stereocenters. The van der Waals surface area contributed by atoms with Crippen molar-refractivity contribution in [2.45, 2.75) is 18.4 Å². The van der Waals surface area contributed by atoms with Gasteiger partial charge in [-0.3, -0.25) is 10.1 Å². The molecule has 0 radical (unpaired) electrons. The summed E-state index contributed by atoms with van der Waals surface area (Å²) in [4.78, 5) is 10.2. The molecule has 5 heteroatoms. The molecule has 1 aromatic carbocycles. The average Bonchev–Trinajstić information content (AvgIpc) is 2.96. The molecule has 0 saturated heterocycles. The van der Waals surface area contributed by atoms with Crippen molar-refractivity contribution < 1.29 is 9.66 Å². The van der Waals surface area contributed by atoms with Crippen molar-refractivity contribution in [3.05, 3.63) is 33.9 Å². The number of ether oxygens (including phenoxy) is 1. The highest BCUT2D eigenvalue weighted by atomic mass is 16.6. The second kappa shape index (κ2) is 3.20. The minimum Gasteiger partial charge on any atom is -0.490 e. The van der Waals surface area contributed by atoms with Gasteiger partial charge in [0, 0.05) is 11.6 Å². The highest BCUT2D eigenvalue weighted by Gasteiger charge is 2.40. The van der Waals surface area contributed by atoms with Gasteiger partial charge in [0.25, 0.3) is 0 Å². The molecule has 80 valence electrons. The summed E-state index contributed by atoms with van der Waals surface area (Å²) < 4.78 is 4.97. The number of methoxy groups -OCH3 is 1. The number of hydrogen-bond donors (Lipinski definition) is 1. The Hall–Kier alpha value is -1.62. The number of benzene rings is 1. The number of nitro benzene ring substituents is 1. The lowest BCUT2D eigenvalue weighted by Gasteiger charge is -2.10. The van der Waals surface area contributed by atoms with Crippen LogP contribution < -0.4 is 10.5 Å². The fourth-order valence-corrected chi connectivity index (χ4v) is 1.56. The molecule has 0 aromatic heterocycles. The van der Waals surface area contributed by atoms with Gasteiger partial charge in [-0.05, 0) is 24.5 Å². The zero-order valence-electron chi connectivity index (χ0n) is 8.40. The number of nitrogens with zero attached hydrogens (tertiary/aromatic N) is 1. The molecular formula is C10H12N2O3. The van der Waals surface area contributed by atoms with Gasteiger partial charge in [0.1, 0.15) is 0 Å². The van der Waals surface area contributed by atoms with Crippen LogP contribution in [0.15, 0.2) is 18.2 Å². The zero-order valence-corrected chi connectivity index (χ0v) is 8.40. The fourth-order valence-electron chi connectivity index (χ4n) is 1.56. The van der Waals surface area contributed by atoms with Gasteiger partial charge >= 0.3 is 5.69 Å². The predicted molar refractivity (Wildman–Crippen MR) is 54.7 cm³/mol. The third-order valence-corrected chi connectivity index (χ3v) is 2.74. The quantitative estimate of drug-likeness (QED) is 0.603. The lowest BCUT2D eigenvalue weighted by atomic mass is 10.1. The van der Waals surface area contributed by atoms with Gasteiger partial charge in [-0.25, -0.2) is 0 Å². The van der Waals surface area contributed by atoms with E-state index in [-0.39, 0.29) is 17.0 Å². The summed E-state index contributed by atoms with van der Waals surface area (Å²) in [6.07, 6.45) is 1.85. The highest BCUT2D eigenvalue weighted by Crippen LogP contribution is 2.44. The second-order valence-electron chi connectivity index (χ2n) is 3.80. The Bertz CT molecular complexity index is 413. The van der Waals surface area contributed by atoms with Crippen molar-refractivity contribution in [3.8, 4) is 5.75 Å². The molecule has 1 aromatic rings. The number of nitro groups is 1. The molecule has 0 heterocycles. The van der Waals surface area contributed by atoms with Crippen LogP contribution in [0.3, 0.4) is 0 Å². The Morgan fingerprint density at radius 3 is 2.67 bits per heavy atom. The van der Waals surface area contributed by atoms with Crippen LogP contribution in [0, 0.1) is 10.1 Å². The van der Waals surface area contributed by atoms with Gasteiger partial charge < -0.3 is 10.5 Å². The summed E-state index contributed by atoms with van der Waals surface area (Å²) in [7, 11) is 1.42. The maximum absolute atomic E-state index is 10.7. The lowest BCUT2D eigenvalue weighted by Crippen LogP contribution is -2.18. The summed E-state index contributed by atoms with van der Waals surface area (Å²) in [5.74, 6) is 0.272. The molecule has 1 saturated carbocycles. The average molecular weight is 208 g/mol. The lowest BCUT2D eigenvalue weighted by molar-refractivity contribution is -0.385. The van der Waals surface area contributed by atoms with Gasteiger partial charge in [-0.1, -0.05) is 6.07 Å². The van der Waals surface area contributed by atoms with Crippen LogP contribution in [-0.2, 0) is 5.54 Å². The van der Waals surface area contributed by atoms with Gasteiger partial charge in [-0.2, -0.15) is 0 Å². The summed E-state index contributed by atoms with van der Waals surface area (Å²) in [5, 5.41) is 10.7. The normalized spacial score (nSPS) is 17.2. The molecule has 0 aliphatic heterocycles. The molecule has 0 bridgehead atoms. The monoisotopic (exact) mass is 208 g/mol. The zero-order chi connectivity index (χ0) is 11.1.